The number of rotatable bonds is 6. The van der Waals surface area contributed by atoms with Crippen molar-refractivity contribution in [2.45, 2.75) is 39.7 Å². The van der Waals surface area contributed by atoms with E-state index in [1.165, 1.54) is 0 Å². The first-order chi connectivity index (χ1) is 16.2. The van der Waals surface area contributed by atoms with Crippen LogP contribution in [0, 0.1) is 6.92 Å². The van der Waals surface area contributed by atoms with Crippen LogP contribution in [0.25, 0.3) is 22.5 Å². The zero-order valence-corrected chi connectivity index (χ0v) is 20.2. The van der Waals surface area contributed by atoms with Crippen molar-refractivity contribution in [1.29, 1.82) is 0 Å². The maximum absolute atomic E-state index is 13.2. The highest BCUT2D eigenvalue weighted by atomic mass is 35.5. The molecule has 0 aliphatic carbocycles. The Kier molecular flexibility index (Phi) is 6.61. The maximum Gasteiger partial charge on any atom is 0.274 e. The van der Waals surface area contributed by atoms with Crippen LogP contribution >= 0.6 is 11.6 Å². The van der Waals surface area contributed by atoms with Gasteiger partial charge in [0.15, 0.2) is 11.5 Å². The minimum absolute atomic E-state index is 0.0303. The summed E-state index contributed by atoms with van der Waals surface area (Å²) < 4.78 is 0. The molecule has 1 amide bonds. The van der Waals surface area contributed by atoms with Crippen LogP contribution in [0.1, 0.15) is 60.4 Å². The third kappa shape index (κ3) is 4.92. The van der Waals surface area contributed by atoms with Crippen molar-refractivity contribution in [2.24, 2.45) is 0 Å². The van der Waals surface area contributed by atoms with E-state index in [0.717, 1.165) is 17.0 Å². The van der Waals surface area contributed by atoms with Crippen LogP contribution in [-0.2, 0) is 0 Å². The fourth-order valence-corrected chi connectivity index (χ4v) is 3.83. The van der Waals surface area contributed by atoms with Gasteiger partial charge in [-0.3, -0.25) is 4.79 Å². The van der Waals surface area contributed by atoms with Gasteiger partial charge in [0, 0.05) is 28.7 Å². The van der Waals surface area contributed by atoms with E-state index in [1.807, 2.05) is 50.2 Å². The quantitative estimate of drug-likeness (QED) is 0.334. The number of nitrogen functional groups attached to an aromatic ring is 1. The second-order valence-corrected chi connectivity index (χ2v) is 8.80. The fourth-order valence-electron chi connectivity index (χ4n) is 3.58. The molecule has 4 aromatic rings. The second-order valence-electron chi connectivity index (χ2n) is 8.41. The summed E-state index contributed by atoms with van der Waals surface area (Å²) in [5.74, 6) is 0.542. The van der Waals surface area contributed by atoms with Crippen molar-refractivity contribution in [3.63, 3.8) is 0 Å². The van der Waals surface area contributed by atoms with Gasteiger partial charge >= 0.3 is 0 Å². The molecule has 4 rings (SSSR count). The molecule has 0 spiro atoms. The number of pyridine rings is 1. The molecule has 3 aromatic heterocycles. The van der Waals surface area contributed by atoms with E-state index < -0.39 is 5.91 Å². The van der Waals surface area contributed by atoms with E-state index in [4.69, 9.17) is 17.3 Å². The number of hydrogen-bond donors (Lipinski definition) is 3. The summed E-state index contributed by atoms with van der Waals surface area (Å²) in [6.07, 6.45) is 1.78. The lowest BCUT2D eigenvalue weighted by Gasteiger charge is -2.15. The van der Waals surface area contributed by atoms with Crippen molar-refractivity contribution in [1.82, 2.24) is 30.2 Å². The number of amides is 1. The number of H-pyrrole nitrogens is 1. The number of hydrogen-bond acceptors (Lipinski definition) is 6. The van der Waals surface area contributed by atoms with Gasteiger partial charge in [0.2, 0.25) is 0 Å². The predicted molar refractivity (Wildman–Crippen MR) is 133 cm³/mol. The van der Waals surface area contributed by atoms with Crippen LogP contribution in [0.3, 0.4) is 0 Å². The van der Waals surface area contributed by atoms with Crippen molar-refractivity contribution < 1.29 is 4.79 Å². The number of carbonyl (C=O) groups is 1. The number of benzene rings is 1. The highest BCUT2D eigenvalue weighted by molar-refractivity contribution is 6.29. The predicted octanol–water partition coefficient (Wildman–Crippen LogP) is 5.09. The minimum Gasteiger partial charge on any atom is -0.382 e. The number of aromatic nitrogens is 5. The number of nitrogens with one attached hydrogen (secondary N) is 2. The van der Waals surface area contributed by atoms with Gasteiger partial charge in [0.05, 0.1) is 17.4 Å². The Bertz CT molecular complexity index is 1310. The van der Waals surface area contributed by atoms with Gasteiger partial charge in [-0.05, 0) is 31.9 Å². The minimum atomic E-state index is -0.447. The van der Waals surface area contributed by atoms with E-state index >= 15 is 0 Å². The fraction of sp³-hybridized carbons (Fsp3) is 0.240. The molecule has 34 heavy (non-hydrogen) atoms. The lowest BCUT2D eigenvalue weighted by Crippen LogP contribution is -2.29. The van der Waals surface area contributed by atoms with Crippen LogP contribution < -0.4 is 11.1 Å². The van der Waals surface area contributed by atoms with Gasteiger partial charge in [-0.2, -0.15) is 0 Å². The number of nitrogens with zero attached hydrogens (tertiary/aromatic N) is 4. The Morgan fingerprint density at radius 2 is 1.74 bits per heavy atom. The number of anilines is 1. The Balaban J connectivity index is 1.75. The van der Waals surface area contributed by atoms with E-state index in [9.17, 15) is 4.79 Å². The molecule has 0 saturated carbocycles. The van der Waals surface area contributed by atoms with E-state index in [-0.39, 0.29) is 17.6 Å². The molecule has 0 radical (unpaired) electrons. The summed E-state index contributed by atoms with van der Waals surface area (Å²) in [5.41, 5.74) is 10.5. The van der Waals surface area contributed by atoms with Crippen molar-refractivity contribution in [3.8, 4) is 22.5 Å². The van der Waals surface area contributed by atoms with Gasteiger partial charge in [0.1, 0.15) is 11.0 Å². The number of aryl methyl sites for hydroxylation is 1. The molecule has 8 nitrogen and oxygen atoms in total. The Hall–Kier alpha value is -3.78. The lowest BCUT2D eigenvalue weighted by molar-refractivity contribution is 0.0934. The molecular formula is C25H26ClN7O. The summed E-state index contributed by atoms with van der Waals surface area (Å²) in [4.78, 5) is 34.3. The molecule has 0 fully saturated rings. The molecular weight excluding hydrogens is 450 g/mol. The number of carbonyl (C=O) groups excluding carboxylic acids is 1. The standard InChI is InChI=1S/C25H26ClN7O/c1-13(2)18-12-28-24(31-18)15(4)30-25(34)22-23(27)33-20(16-8-6-5-7-9-16)21(32-22)17-10-14(3)29-19(26)11-17/h5-13,15H,1-4H3,(H2,27,33)(H,28,31)(H,30,34). The van der Waals surface area contributed by atoms with Crippen LogP contribution in [-0.4, -0.2) is 30.8 Å². The summed E-state index contributed by atoms with van der Waals surface area (Å²) in [6, 6.07) is 12.7. The molecule has 3 heterocycles. The van der Waals surface area contributed by atoms with E-state index in [1.54, 1.807) is 12.3 Å². The Morgan fingerprint density at radius 3 is 2.38 bits per heavy atom. The Morgan fingerprint density at radius 1 is 1.03 bits per heavy atom. The molecule has 9 heteroatoms. The van der Waals surface area contributed by atoms with E-state index in [2.05, 4.69) is 44.1 Å². The summed E-state index contributed by atoms with van der Waals surface area (Å²) >= 11 is 6.22. The smallest absolute Gasteiger partial charge is 0.274 e. The molecule has 0 bridgehead atoms. The average molecular weight is 476 g/mol. The molecule has 0 saturated heterocycles. The van der Waals surface area contributed by atoms with Crippen molar-refractivity contribution >= 4 is 23.3 Å². The molecule has 4 N–H and O–H groups in total. The maximum atomic E-state index is 13.2. The highest BCUT2D eigenvalue weighted by Crippen LogP contribution is 2.32. The number of imidazole rings is 1. The molecule has 0 aliphatic rings. The third-order valence-corrected chi connectivity index (χ3v) is 5.57. The van der Waals surface area contributed by atoms with Crippen LogP contribution in [0.4, 0.5) is 5.82 Å². The molecule has 1 unspecified atom stereocenters. The summed E-state index contributed by atoms with van der Waals surface area (Å²) in [6.45, 7) is 7.82. The molecule has 174 valence electrons. The van der Waals surface area contributed by atoms with Crippen molar-refractivity contribution in [3.05, 3.63) is 76.7 Å². The van der Waals surface area contributed by atoms with Crippen LogP contribution in [0.15, 0.2) is 48.7 Å². The zero-order valence-electron chi connectivity index (χ0n) is 19.4. The van der Waals surface area contributed by atoms with E-state index in [0.29, 0.717) is 33.8 Å². The summed E-state index contributed by atoms with van der Waals surface area (Å²) in [7, 11) is 0. The summed E-state index contributed by atoms with van der Waals surface area (Å²) in [5, 5.41) is 3.24. The Labute approximate surface area is 203 Å². The van der Waals surface area contributed by atoms with Gasteiger partial charge in [-0.1, -0.05) is 55.8 Å². The molecule has 0 aliphatic heterocycles. The first-order valence-electron chi connectivity index (χ1n) is 11.0. The lowest BCUT2D eigenvalue weighted by atomic mass is 10.0. The van der Waals surface area contributed by atoms with Gasteiger partial charge in [-0.25, -0.2) is 19.9 Å². The third-order valence-electron chi connectivity index (χ3n) is 5.38. The SMILES string of the molecule is Cc1cc(-c2nc(C(=O)NC(C)c3ncc(C(C)C)[nH]3)c(N)nc2-c2ccccc2)cc(Cl)n1. The zero-order chi connectivity index (χ0) is 24.4. The number of halogens is 1. The van der Waals surface area contributed by atoms with Gasteiger partial charge in [-0.15, -0.1) is 0 Å². The molecule has 1 atom stereocenters. The average Bonchev–Trinajstić information content (AvgIpc) is 3.30. The molecule has 1 aromatic carbocycles. The van der Waals surface area contributed by atoms with Crippen LogP contribution in [0.5, 0.6) is 0 Å². The first kappa shape index (κ1) is 23.4. The second kappa shape index (κ2) is 9.61. The highest BCUT2D eigenvalue weighted by Gasteiger charge is 2.23. The topological polar surface area (TPSA) is 122 Å². The van der Waals surface area contributed by atoms with Gasteiger partial charge in [0.25, 0.3) is 5.91 Å². The largest absolute Gasteiger partial charge is 0.382 e. The van der Waals surface area contributed by atoms with Crippen molar-refractivity contribution in [2.75, 3.05) is 5.73 Å². The number of aromatic amines is 1. The van der Waals surface area contributed by atoms with Gasteiger partial charge < -0.3 is 16.0 Å². The monoisotopic (exact) mass is 475 g/mol. The van der Waals surface area contributed by atoms with Crippen LogP contribution in [0.2, 0.25) is 5.15 Å². The normalized spacial score (nSPS) is 12.1. The number of nitrogens with two attached hydrogens (primary N) is 1. The first-order valence-corrected chi connectivity index (χ1v) is 11.3.